The number of aromatic nitrogens is 2. The van der Waals surface area contributed by atoms with Gasteiger partial charge >= 0.3 is 0 Å². The lowest BCUT2D eigenvalue weighted by atomic mass is 9.65. The SMILES string of the molecule is O=C(N1CC2(CCC2)c2c(F)cccc21)C1(n2cccn2)CCNCC1. The quantitative estimate of drug-likeness (QED) is 0.902. The number of nitrogens with one attached hydrogen (secondary N) is 1. The molecule has 3 aliphatic rings. The number of fused-ring (bicyclic) bond motifs is 2. The van der Waals surface area contributed by atoms with Crippen LogP contribution in [0.3, 0.4) is 0 Å². The topological polar surface area (TPSA) is 50.2 Å². The van der Waals surface area contributed by atoms with Crippen molar-refractivity contribution in [3.05, 3.63) is 48.0 Å². The van der Waals surface area contributed by atoms with Crippen molar-refractivity contribution in [3.8, 4) is 0 Å². The van der Waals surface area contributed by atoms with Crippen LogP contribution in [0.15, 0.2) is 36.7 Å². The van der Waals surface area contributed by atoms with Gasteiger partial charge in [0.05, 0.1) is 5.69 Å². The summed E-state index contributed by atoms with van der Waals surface area (Å²) in [5.41, 5.74) is 0.645. The first-order valence-corrected chi connectivity index (χ1v) is 9.48. The van der Waals surface area contributed by atoms with Gasteiger partial charge in [0.1, 0.15) is 11.4 Å². The molecule has 1 amide bonds. The highest BCUT2D eigenvalue weighted by atomic mass is 19.1. The molecule has 1 aromatic heterocycles. The van der Waals surface area contributed by atoms with Gasteiger partial charge in [-0.3, -0.25) is 9.48 Å². The van der Waals surface area contributed by atoms with Crippen LogP contribution in [0.4, 0.5) is 10.1 Å². The number of piperidine rings is 1. The molecule has 0 unspecified atom stereocenters. The molecule has 1 aliphatic carbocycles. The first kappa shape index (κ1) is 16.0. The molecule has 26 heavy (non-hydrogen) atoms. The van der Waals surface area contributed by atoms with Gasteiger partial charge in [-0.15, -0.1) is 0 Å². The third-order valence-corrected chi connectivity index (χ3v) is 6.60. The van der Waals surface area contributed by atoms with Crippen LogP contribution in [0, 0.1) is 5.82 Å². The van der Waals surface area contributed by atoms with E-state index in [-0.39, 0.29) is 17.1 Å². The van der Waals surface area contributed by atoms with Gasteiger partial charge in [0, 0.05) is 29.9 Å². The molecule has 0 radical (unpaired) electrons. The number of benzene rings is 1. The minimum atomic E-state index is -0.687. The van der Waals surface area contributed by atoms with Crippen LogP contribution >= 0.6 is 0 Å². The fourth-order valence-electron chi connectivity index (χ4n) is 5.08. The maximum Gasteiger partial charge on any atom is 0.255 e. The predicted molar refractivity (Wildman–Crippen MR) is 96.6 cm³/mol. The summed E-state index contributed by atoms with van der Waals surface area (Å²) >= 11 is 0. The van der Waals surface area contributed by atoms with E-state index < -0.39 is 5.54 Å². The molecule has 3 heterocycles. The van der Waals surface area contributed by atoms with E-state index >= 15 is 0 Å². The Labute approximate surface area is 152 Å². The number of nitrogens with zero attached hydrogens (tertiary/aromatic N) is 3. The molecule has 136 valence electrons. The van der Waals surface area contributed by atoms with Crippen LogP contribution in [0.5, 0.6) is 0 Å². The van der Waals surface area contributed by atoms with Gasteiger partial charge in [0.25, 0.3) is 5.91 Å². The number of hydrogen-bond donors (Lipinski definition) is 1. The molecular formula is C20H23FN4O. The second kappa shape index (κ2) is 5.64. The summed E-state index contributed by atoms with van der Waals surface area (Å²) in [5, 5.41) is 7.76. The second-order valence-electron chi connectivity index (χ2n) is 7.89. The van der Waals surface area contributed by atoms with E-state index in [0.717, 1.165) is 43.6 Å². The van der Waals surface area contributed by atoms with E-state index in [0.29, 0.717) is 19.4 Å². The van der Waals surface area contributed by atoms with Crippen molar-refractivity contribution in [2.24, 2.45) is 0 Å². The summed E-state index contributed by atoms with van der Waals surface area (Å²) in [7, 11) is 0. The van der Waals surface area contributed by atoms with Crippen molar-refractivity contribution in [1.29, 1.82) is 0 Å². The Hall–Kier alpha value is -2.21. The van der Waals surface area contributed by atoms with Crippen molar-refractivity contribution >= 4 is 11.6 Å². The first-order chi connectivity index (χ1) is 12.7. The molecule has 2 fully saturated rings. The largest absolute Gasteiger partial charge is 0.317 e. The fraction of sp³-hybridized carbons (Fsp3) is 0.500. The lowest BCUT2D eigenvalue weighted by Crippen LogP contribution is -2.56. The summed E-state index contributed by atoms with van der Waals surface area (Å²) in [4.78, 5) is 15.7. The average Bonchev–Trinajstić information content (AvgIpc) is 3.28. The van der Waals surface area contributed by atoms with Crippen molar-refractivity contribution in [3.63, 3.8) is 0 Å². The fourth-order valence-corrected chi connectivity index (χ4v) is 5.08. The Bertz CT molecular complexity index is 838. The van der Waals surface area contributed by atoms with Crippen molar-refractivity contribution in [1.82, 2.24) is 15.1 Å². The molecule has 5 rings (SSSR count). The van der Waals surface area contributed by atoms with Gasteiger partial charge < -0.3 is 10.2 Å². The Balaban J connectivity index is 1.60. The Morgan fingerprint density at radius 3 is 2.62 bits per heavy atom. The molecule has 6 heteroatoms. The minimum absolute atomic E-state index is 0.0540. The van der Waals surface area contributed by atoms with Crippen LogP contribution in [0.25, 0.3) is 0 Å². The number of carbonyl (C=O) groups excluding carboxylic acids is 1. The van der Waals surface area contributed by atoms with Crippen molar-refractivity contribution in [2.45, 2.75) is 43.1 Å². The smallest absolute Gasteiger partial charge is 0.255 e. The van der Waals surface area contributed by atoms with Gasteiger partial charge in [-0.2, -0.15) is 5.10 Å². The normalized spacial score (nSPS) is 22.9. The van der Waals surface area contributed by atoms with Crippen LogP contribution < -0.4 is 10.2 Å². The van der Waals surface area contributed by atoms with Crippen LogP contribution in [-0.2, 0) is 15.7 Å². The van der Waals surface area contributed by atoms with Crippen molar-refractivity contribution in [2.75, 3.05) is 24.5 Å². The molecule has 5 nitrogen and oxygen atoms in total. The summed E-state index contributed by atoms with van der Waals surface area (Å²) in [6, 6.07) is 7.01. The highest BCUT2D eigenvalue weighted by Crippen LogP contribution is 2.54. The third-order valence-electron chi connectivity index (χ3n) is 6.60. The zero-order valence-electron chi connectivity index (χ0n) is 14.7. The van der Waals surface area contributed by atoms with E-state index in [4.69, 9.17) is 0 Å². The van der Waals surface area contributed by atoms with Gasteiger partial charge in [-0.05, 0) is 57.0 Å². The van der Waals surface area contributed by atoms with Gasteiger partial charge in [0.15, 0.2) is 0 Å². The summed E-state index contributed by atoms with van der Waals surface area (Å²) in [6.45, 7) is 2.15. The number of carbonyl (C=O) groups is 1. The van der Waals surface area contributed by atoms with E-state index in [1.54, 1.807) is 12.3 Å². The van der Waals surface area contributed by atoms with E-state index in [1.165, 1.54) is 6.07 Å². The molecule has 0 atom stereocenters. The van der Waals surface area contributed by atoms with Crippen LogP contribution in [-0.4, -0.2) is 35.3 Å². The van der Waals surface area contributed by atoms with Gasteiger partial charge in [0.2, 0.25) is 0 Å². The number of halogens is 1. The van der Waals surface area contributed by atoms with Crippen molar-refractivity contribution < 1.29 is 9.18 Å². The summed E-state index contributed by atoms with van der Waals surface area (Å²) < 4.78 is 16.5. The zero-order chi connectivity index (χ0) is 17.8. The maximum absolute atomic E-state index is 14.7. The molecule has 1 aromatic carbocycles. The highest BCUT2D eigenvalue weighted by Gasteiger charge is 2.54. The number of amides is 1. The van der Waals surface area contributed by atoms with Gasteiger partial charge in [-0.25, -0.2) is 4.39 Å². The Morgan fingerprint density at radius 2 is 1.96 bits per heavy atom. The molecule has 1 N–H and O–H groups in total. The van der Waals surface area contributed by atoms with Crippen LogP contribution in [0.1, 0.15) is 37.7 Å². The first-order valence-electron chi connectivity index (χ1n) is 9.48. The molecule has 1 saturated carbocycles. The van der Waals surface area contributed by atoms with E-state index in [2.05, 4.69) is 10.4 Å². The summed E-state index contributed by atoms with van der Waals surface area (Å²) in [6.07, 6.45) is 8.02. The molecule has 2 aromatic rings. The Kier molecular flexibility index (Phi) is 3.47. The third kappa shape index (κ3) is 2.05. The standard InChI is InChI=1S/C20H23FN4O/c21-15-4-1-5-16-17(15)19(6-2-7-19)14-24(16)18(26)20(8-11-22-12-9-20)25-13-3-10-23-25/h1,3-5,10,13,22H,2,6-9,11-12,14H2. The van der Waals surface area contributed by atoms with Gasteiger partial charge in [-0.1, -0.05) is 12.5 Å². The molecule has 1 spiro atoms. The molecule has 1 saturated heterocycles. The predicted octanol–water partition coefficient (Wildman–Crippen LogP) is 2.57. The lowest BCUT2D eigenvalue weighted by molar-refractivity contribution is -0.129. The maximum atomic E-state index is 14.7. The number of hydrogen-bond acceptors (Lipinski definition) is 3. The lowest BCUT2D eigenvalue weighted by Gasteiger charge is -2.41. The van der Waals surface area contributed by atoms with E-state index in [1.807, 2.05) is 27.9 Å². The monoisotopic (exact) mass is 354 g/mol. The molecule has 2 aliphatic heterocycles. The van der Waals surface area contributed by atoms with E-state index in [9.17, 15) is 9.18 Å². The van der Waals surface area contributed by atoms with Crippen LogP contribution in [0.2, 0.25) is 0 Å². The Morgan fingerprint density at radius 1 is 1.15 bits per heavy atom. The zero-order valence-corrected chi connectivity index (χ0v) is 14.7. The number of rotatable bonds is 2. The highest BCUT2D eigenvalue weighted by molar-refractivity contribution is 6.01. The molecule has 0 bridgehead atoms. The number of anilines is 1. The summed E-state index contributed by atoms with van der Waals surface area (Å²) in [5.74, 6) is -0.116. The minimum Gasteiger partial charge on any atom is -0.317 e. The molecular weight excluding hydrogens is 331 g/mol. The average molecular weight is 354 g/mol. The second-order valence-corrected chi connectivity index (χ2v) is 7.89.